The van der Waals surface area contributed by atoms with Gasteiger partial charge in [-0.25, -0.2) is 4.98 Å². The zero-order valence-electron chi connectivity index (χ0n) is 10.8. The van der Waals surface area contributed by atoms with Gasteiger partial charge < -0.3 is 10.1 Å². The van der Waals surface area contributed by atoms with Crippen LogP contribution in [0.25, 0.3) is 0 Å². The predicted molar refractivity (Wildman–Crippen MR) is 82.1 cm³/mol. The van der Waals surface area contributed by atoms with Gasteiger partial charge in [0, 0.05) is 22.8 Å². The Balaban J connectivity index is 1.79. The van der Waals surface area contributed by atoms with E-state index in [4.69, 9.17) is 4.74 Å². The molecular formula is C15H14BrN3O. The van der Waals surface area contributed by atoms with E-state index in [0.29, 0.717) is 12.5 Å². The monoisotopic (exact) mass is 331 g/mol. The van der Waals surface area contributed by atoms with E-state index in [-0.39, 0.29) is 0 Å². The van der Waals surface area contributed by atoms with Crippen LogP contribution in [0.15, 0.2) is 52.1 Å². The second kappa shape index (κ2) is 6.05. The van der Waals surface area contributed by atoms with Crippen molar-refractivity contribution in [2.45, 2.75) is 6.61 Å². The summed E-state index contributed by atoms with van der Waals surface area (Å²) < 4.78 is 6.89. The van der Waals surface area contributed by atoms with Crippen LogP contribution in [0.1, 0.15) is 11.1 Å². The summed E-state index contributed by atoms with van der Waals surface area (Å²) in [6.45, 7) is 2.14. The average molecular weight is 332 g/mol. The number of amidine groups is 1. The van der Waals surface area contributed by atoms with Crippen LogP contribution >= 0.6 is 15.9 Å². The van der Waals surface area contributed by atoms with Gasteiger partial charge in [-0.05, 0) is 18.2 Å². The van der Waals surface area contributed by atoms with Gasteiger partial charge in [0.1, 0.15) is 12.4 Å². The largest absolute Gasteiger partial charge is 0.472 e. The SMILES string of the molecule is Brc1ccccc1COc1ncccc1C1=NCCN1. The number of rotatable bonds is 4. The van der Waals surface area contributed by atoms with Gasteiger partial charge in [0.15, 0.2) is 0 Å². The lowest BCUT2D eigenvalue weighted by molar-refractivity contribution is 0.292. The first-order valence-electron chi connectivity index (χ1n) is 6.44. The first kappa shape index (κ1) is 13.1. The maximum atomic E-state index is 5.85. The van der Waals surface area contributed by atoms with Crippen LogP contribution < -0.4 is 10.1 Å². The van der Waals surface area contributed by atoms with E-state index in [0.717, 1.165) is 34.5 Å². The number of pyridine rings is 1. The van der Waals surface area contributed by atoms with Crippen LogP contribution in [-0.2, 0) is 6.61 Å². The summed E-state index contributed by atoms with van der Waals surface area (Å²) in [7, 11) is 0. The minimum atomic E-state index is 0.471. The van der Waals surface area contributed by atoms with Crippen molar-refractivity contribution in [3.05, 3.63) is 58.2 Å². The second-order valence-corrected chi connectivity index (χ2v) is 5.25. The van der Waals surface area contributed by atoms with Gasteiger partial charge in [-0.1, -0.05) is 34.1 Å². The first-order chi connectivity index (χ1) is 9.84. The summed E-state index contributed by atoms with van der Waals surface area (Å²) >= 11 is 3.52. The van der Waals surface area contributed by atoms with E-state index in [1.807, 2.05) is 36.4 Å². The molecule has 0 saturated heterocycles. The molecule has 2 heterocycles. The molecule has 1 N–H and O–H groups in total. The third-order valence-electron chi connectivity index (χ3n) is 3.02. The molecule has 3 rings (SSSR count). The van der Waals surface area contributed by atoms with Gasteiger partial charge in [0.2, 0.25) is 5.88 Å². The fourth-order valence-electron chi connectivity index (χ4n) is 2.03. The van der Waals surface area contributed by atoms with Crippen molar-refractivity contribution in [2.24, 2.45) is 4.99 Å². The van der Waals surface area contributed by atoms with Crippen LogP contribution in [0.5, 0.6) is 5.88 Å². The van der Waals surface area contributed by atoms with E-state index in [2.05, 4.69) is 31.2 Å². The van der Waals surface area contributed by atoms with Crippen LogP contribution in [0.2, 0.25) is 0 Å². The van der Waals surface area contributed by atoms with Gasteiger partial charge in [0.25, 0.3) is 0 Å². The van der Waals surface area contributed by atoms with Crippen molar-refractivity contribution in [2.75, 3.05) is 13.1 Å². The maximum absolute atomic E-state index is 5.85. The fourth-order valence-corrected chi connectivity index (χ4v) is 2.43. The average Bonchev–Trinajstić information content (AvgIpc) is 3.01. The lowest BCUT2D eigenvalue weighted by atomic mass is 10.2. The Labute approximate surface area is 126 Å². The van der Waals surface area contributed by atoms with Crippen molar-refractivity contribution in [1.29, 1.82) is 0 Å². The van der Waals surface area contributed by atoms with E-state index in [9.17, 15) is 0 Å². The molecule has 1 aliphatic heterocycles. The van der Waals surface area contributed by atoms with Crippen molar-refractivity contribution < 1.29 is 4.74 Å². The molecule has 0 saturated carbocycles. The predicted octanol–water partition coefficient (Wildman–Crippen LogP) is 2.77. The van der Waals surface area contributed by atoms with Crippen molar-refractivity contribution in [3.8, 4) is 5.88 Å². The highest BCUT2D eigenvalue weighted by Crippen LogP contribution is 2.20. The zero-order chi connectivity index (χ0) is 13.8. The topological polar surface area (TPSA) is 46.5 Å². The Kier molecular flexibility index (Phi) is 3.97. The molecule has 0 fully saturated rings. The molecule has 0 amide bonds. The third-order valence-corrected chi connectivity index (χ3v) is 3.80. The first-order valence-corrected chi connectivity index (χ1v) is 7.24. The molecular weight excluding hydrogens is 318 g/mol. The molecule has 1 aromatic heterocycles. The molecule has 102 valence electrons. The fraction of sp³-hybridized carbons (Fsp3) is 0.200. The minimum absolute atomic E-state index is 0.471. The summed E-state index contributed by atoms with van der Waals surface area (Å²) in [4.78, 5) is 8.73. The summed E-state index contributed by atoms with van der Waals surface area (Å²) in [5.74, 6) is 1.47. The van der Waals surface area contributed by atoms with Crippen molar-refractivity contribution in [1.82, 2.24) is 10.3 Å². The molecule has 0 spiro atoms. The number of hydrogen-bond donors (Lipinski definition) is 1. The molecule has 1 aromatic carbocycles. The Bertz CT molecular complexity index is 643. The third kappa shape index (κ3) is 2.82. The Hall–Kier alpha value is -1.88. The van der Waals surface area contributed by atoms with Gasteiger partial charge in [-0.15, -0.1) is 0 Å². The number of aliphatic imine (C=N–C) groups is 1. The molecule has 5 heteroatoms. The van der Waals surface area contributed by atoms with Crippen LogP contribution in [0.3, 0.4) is 0 Å². The number of nitrogens with zero attached hydrogens (tertiary/aromatic N) is 2. The lowest BCUT2D eigenvalue weighted by Gasteiger charge is -2.11. The Morgan fingerprint density at radius 1 is 1.20 bits per heavy atom. The molecule has 1 aliphatic rings. The van der Waals surface area contributed by atoms with Gasteiger partial charge in [-0.3, -0.25) is 4.99 Å². The molecule has 4 nitrogen and oxygen atoms in total. The Morgan fingerprint density at radius 3 is 2.90 bits per heavy atom. The zero-order valence-corrected chi connectivity index (χ0v) is 12.4. The normalized spacial score (nSPS) is 13.8. The number of aromatic nitrogens is 1. The van der Waals surface area contributed by atoms with Crippen LogP contribution in [0, 0.1) is 0 Å². The lowest BCUT2D eigenvalue weighted by Crippen LogP contribution is -2.20. The number of ether oxygens (including phenoxy) is 1. The van der Waals surface area contributed by atoms with E-state index < -0.39 is 0 Å². The second-order valence-electron chi connectivity index (χ2n) is 4.39. The maximum Gasteiger partial charge on any atom is 0.224 e. The molecule has 20 heavy (non-hydrogen) atoms. The molecule has 0 bridgehead atoms. The molecule has 2 aromatic rings. The summed E-state index contributed by atoms with van der Waals surface area (Å²) in [6.07, 6.45) is 1.73. The standard InChI is InChI=1S/C15H14BrN3O/c16-13-6-2-1-4-11(13)10-20-15-12(5-3-7-19-15)14-17-8-9-18-14/h1-7H,8-10H2,(H,17,18). The number of hydrogen-bond acceptors (Lipinski definition) is 4. The number of nitrogens with one attached hydrogen (secondary N) is 1. The van der Waals surface area contributed by atoms with Gasteiger partial charge >= 0.3 is 0 Å². The highest BCUT2D eigenvalue weighted by molar-refractivity contribution is 9.10. The minimum Gasteiger partial charge on any atom is -0.472 e. The van der Waals surface area contributed by atoms with E-state index in [1.165, 1.54) is 0 Å². The Morgan fingerprint density at radius 2 is 2.10 bits per heavy atom. The molecule has 0 radical (unpaired) electrons. The smallest absolute Gasteiger partial charge is 0.224 e. The number of benzene rings is 1. The van der Waals surface area contributed by atoms with Crippen molar-refractivity contribution in [3.63, 3.8) is 0 Å². The summed E-state index contributed by atoms with van der Waals surface area (Å²) in [5, 5.41) is 3.24. The van der Waals surface area contributed by atoms with E-state index >= 15 is 0 Å². The van der Waals surface area contributed by atoms with Crippen molar-refractivity contribution >= 4 is 21.8 Å². The summed E-state index contributed by atoms with van der Waals surface area (Å²) in [5.41, 5.74) is 2.00. The number of halogens is 1. The highest BCUT2D eigenvalue weighted by Gasteiger charge is 2.14. The van der Waals surface area contributed by atoms with Gasteiger partial charge in [0.05, 0.1) is 12.1 Å². The van der Waals surface area contributed by atoms with Crippen LogP contribution in [0.4, 0.5) is 0 Å². The highest BCUT2D eigenvalue weighted by atomic mass is 79.9. The molecule has 0 aliphatic carbocycles. The summed E-state index contributed by atoms with van der Waals surface area (Å²) in [6, 6.07) is 11.9. The van der Waals surface area contributed by atoms with Gasteiger partial charge in [-0.2, -0.15) is 0 Å². The van der Waals surface area contributed by atoms with E-state index in [1.54, 1.807) is 6.20 Å². The quantitative estimate of drug-likeness (QED) is 0.937. The van der Waals surface area contributed by atoms with Crippen LogP contribution in [-0.4, -0.2) is 23.9 Å². The molecule has 0 atom stereocenters. The molecule has 0 unspecified atom stereocenters.